The van der Waals surface area contributed by atoms with Crippen molar-refractivity contribution in [2.75, 3.05) is 20.7 Å². The number of ether oxygens (including phenoxy) is 1. The molecule has 2 aromatic carbocycles. The van der Waals surface area contributed by atoms with Crippen molar-refractivity contribution in [2.24, 2.45) is 0 Å². The van der Waals surface area contributed by atoms with E-state index in [0.717, 1.165) is 23.3 Å². The van der Waals surface area contributed by atoms with Gasteiger partial charge in [0.1, 0.15) is 5.75 Å². The van der Waals surface area contributed by atoms with Gasteiger partial charge in [-0.3, -0.25) is 9.59 Å². The van der Waals surface area contributed by atoms with Gasteiger partial charge < -0.3 is 15.0 Å². The van der Waals surface area contributed by atoms with Gasteiger partial charge in [-0.2, -0.15) is 0 Å². The summed E-state index contributed by atoms with van der Waals surface area (Å²) in [5.74, 6) is 0.518. The molecule has 0 spiro atoms. The molecule has 0 aliphatic rings. The van der Waals surface area contributed by atoms with Crippen LogP contribution in [0.1, 0.15) is 28.4 Å². The van der Waals surface area contributed by atoms with E-state index in [2.05, 4.69) is 5.32 Å². The maximum Gasteiger partial charge on any atom is 0.258 e. The summed E-state index contributed by atoms with van der Waals surface area (Å²) in [5, 5.41) is 2.82. The Balaban J connectivity index is 1.83. The Kier molecular flexibility index (Phi) is 6.57. The van der Waals surface area contributed by atoms with Crippen LogP contribution in [0.15, 0.2) is 48.5 Å². The lowest BCUT2D eigenvalue weighted by Crippen LogP contribution is -2.28. The summed E-state index contributed by atoms with van der Waals surface area (Å²) in [4.78, 5) is 25.3. The average molecular weight is 340 g/mol. The van der Waals surface area contributed by atoms with Crippen molar-refractivity contribution in [3.05, 3.63) is 65.2 Å². The molecule has 25 heavy (non-hydrogen) atoms. The van der Waals surface area contributed by atoms with E-state index in [1.54, 1.807) is 26.2 Å². The molecule has 5 nitrogen and oxygen atoms in total. The van der Waals surface area contributed by atoms with E-state index in [9.17, 15) is 9.59 Å². The highest BCUT2D eigenvalue weighted by atomic mass is 16.5. The van der Waals surface area contributed by atoms with Crippen molar-refractivity contribution in [3.8, 4) is 5.75 Å². The molecule has 0 heterocycles. The van der Waals surface area contributed by atoms with E-state index in [-0.39, 0.29) is 18.4 Å². The van der Waals surface area contributed by atoms with E-state index in [1.807, 2.05) is 43.3 Å². The smallest absolute Gasteiger partial charge is 0.258 e. The van der Waals surface area contributed by atoms with Crippen molar-refractivity contribution in [1.29, 1.82) is 0 Å². The molecule has 0 aliphatic heterocycles. The van der Waals surface area contributed by atoms with Crippen molar-refractivity contribution in [3.63, 3.8) is 0 Å². The second-order valence-corrected chi connectivity index (χ2v) is 5.92. The first-order valence-electron chi connectivity index (χ1n) is 8.29. The molecule has 2 rings (SSSR count). The third-order valence-electron chi connectivity index (χ3n) is 3.81. The molecule has 0 saturated carbocycles. The molecule has 0 unspecified atom stereocenters. The largest absolute Gasteiger partial charge is 0.483 e. The highest BCUT2D eigenvalue weighted by Gasteiger charge is 2.08. The Labute approximate surface area is 148 Å². The lowest BCUT2D eigenvalue weighted by Gasteiger charge is -2.12. The molecule has 1 N–H and O–H groups in total. The zero-order valence-corrected chi connectivity index (χ0v) is 14.9. The van der Waals surface area contributed by atoms with Crippen LogP contribution in [-0.4, -0.2) is 37.4 Å². The van der Waals surface area contributed by atoms with Gasteiger partial charge in [0.2, 0.25) is 0 Å². The van der Waals surface area contributed by atoms with Crippen LogP contribution in [0.25, 0.3) is 0 Å². The van der Waals surface area contributed by atoms with Gasteiger partial charge in [-0.1, -0.05) is 37.3 Å². The van der Waals surface area contributed by atoms with Crippen LogP contribution >= 0.6 is 0 Å². The number of nitrogens with zero attached hydrogens (tertiary/aromatic N) is 1. The number of carbonyl (C=O) groups is 2. The maximum atomic E-state index is 12.0. The third kappa shape index (κ3) is 5.35. The molecule has 0 radical (unpaired) electrons. The summed E-state index contributed by atoms with van der Waals surface area (Å²) >= 11 is 0. The number of amides is 2. The maximum absolute atomic E-state index is 12.0. The highest BCUT2D eigenvalue weighted by Crippen LogP contribution is 2.17. The van der Waals surface area contributed by atoms with Gasteiger partial charge in [-0.15, -0.1) is 0 Å². The molecule has 0 aliphatic carbocycles. The van der Waals surface area contributed by atoms with Gasteiger partial charge >= 0.3 is 0 Å². The standard InChI is InChI=1S/C20H24N2O3/c1-4-16-7-5-6-8-18(16)25-14-19(23)21-13-15-9-11-17(12-10-15)20(24)22(2)3/h5-12H,4,13-14H2,1-3H3,(H,21,23). The van der Waals surface area contributed by atoms with E-state index in [0.29, 0.717) is 12.1 Å². The molecular formula is C20H24N2O3. The Hall–Kier alpha value is -2.82. The normalized spacial score (nSPS) is 10.2. The van der Waals surface area contributed by atoms with Gasteiger partial charge in [0.25, 0.3) is 11.8 Å². The van der Waals surface area contributed by atoms with Crippen molar-refractivity contribution in [1.82, 2.24) is 10.2 Å². The summed E-state index contributed by atoms with van der Waals surface area (Å²) < 4.78 is 5.59. The van der Waals surface area contributed by atoms with Crippen LogP contribution < -0.4 is 10.1 Å². The quantitative estimate of drug-likeness (QED) is 0.843. The lowest BCUT2D eigenvalue weighted by molar-refractivity contribution is -0.123. The summed E-state index contributed by atoms with van der Waals surface area (Å²) in [6, 6.07) is 14.9. The first-order valence-corrected chi connectivity index (χ1v) is 8.29. The number of rotatable bonds is 7. The minimum absolute atomic E-state index is 0.0196. The number of carbonyl (C=O) groups excluding carboxylic acids is 2. The number of benzene rings is 2. The van der Waals surface area contributed by atoms with Crippen LogP contribution in [0.4, 0.5) is 0 Å². The number of hydrogen-bond donors (Lipinski definition) is 1. The SMILES string of the molecule is CCc1ccccc1OCC(=O)NCc1ccc(C(=O)N(C)C)cc1. The fourth-order valence-corrected chi connectivity index (χ4v) is 2.36. The Bertz CT molecular complexity index is 724. The monoisotopic (exact) mass is 340 g/mol. The number of hydrogen-bond acceptors (Lipinski definition) is 3. The van der Waals surface area contributed by atoms with Crippen LogP contribution in [0.5, 0.6) is 5.75 Å². The second-order valence-electron chi connectivity index (χ2n) is 5.92. The van der Waals surface area contributed by atoms with Gasteiger partial charge in [0.15, 0.2) is 6.61 Å². The molecule has 0 fully saturated rings. The molecule has 0 bridgehead atoms. The van der Waals surface area contributed by atoms with E-state index >= 15 is 0 Å². The zero-order chi connectivity index (χ0) is 18.2. The average Bonchev–Trinajstić information content (AvgIpc) is 2.64. The first-order chi connectivity index (χ1) is 12.0. The Morgan fingerprint density at radius 1 is 1.04 bits per heavy atom. The van der Waals surface area contributed by atoms with Gasteiger partial charge in [0.05, 0.1) is 0 Å². The van der Waals surface area contributed by atoms with Crippen molar-refractivity contribution < 1.29 is 14.3 Å². The molecule has 0 aromatic heterocycles. The van der Waals surface area contributed by atoms with Gasteiger partial charge in [-0.05, 0) is 35.7 Å². The van der Waals surface area contributed by atoms with Crippen LogP contribution in [-0.2, 0) is 17.8 Å². The first kappa shape index (κ1) is 18.5. The zero-order valence-electron chi connectivity index (χ0n) is 14.9. The Morgan fingerprint density at radius 3 is 2.36 bits per heavy atom. The van der Waals surface area contributed by atoms with E-state index in [1.165, 1.54) is 4.90 Å². The summed E-state index contributed by atoms with van der Waals surface area (Å²) in [6.45, 7) is 2.43. The topological polar surface area (TPSA) is 58.6 Å². The number of nitrogens with one attached hydrogen (secondary N) is 1. The summed E-state index contributed by atoms with van der Waals surface area (Å²) in [6.07, 6.45) is 0.857. The van der Waals surface area contributed by atoms with Crippen molar-refractivity contribution in [2.45, 2.75) is 19.9 Å². The molecule has 5 heteroatoms. The predicted molar refractivity (Wildman–Crippen MR) is 97.6 cm³/mol. The third-order valence-corrected chi connectivity index (χ3v) is 3.81. The summed E-state index contributed by atoms with van der Waals surface area (Å²) in [5.41, 5.74) is 2.63. The minimum atomic E-state index is -0.181. The summed E-state index contributed by atoms with van der Waals surface area (Å²) in [7, 11) is 3.43. The van der Waals surface area contributed by atoms with Gasteiger partial charge in [-0.25, -0.2) is 0 Å². The molecule has 2 amide bonds. The fraction of sp³-hybridized carbons (Fsp3) is 0.300. The minimum Gasteiger partial charge on any atom is -0.483 e. The van der Waals surface area contributed by atoms with E-state index < -0.39 is 0 Å². The fourth-order valence-electron chi connectivity index (χ4n) is 2.36. The number of aryl methyl sites for hydroxylation is 1. The molecular weight excluding hydrogens is 316 g/mol. The molecule has 2 aromatic rings. The number of para-hydroxylation sites is 1. The van der Waals surface area contributed by atoms with Gasteiger partial charge in [0, 0.05) is 26.2 Å². The van der Waals surface area contributed by atoms with Crippen LogP contribution in [0, 0.1) is 0 Å². The Morgan fingerprint density at radius 2 is 1.72 bits per heavy atom. The highest BCUT2D eigenvalue weighted by molar-refractivity contribution is 5.93. The molecule has 0 atom stereocenters. The second kappa shape index (κ2) is 8.87. The predicted octanol–water partition coefficient (Wildman–Crippen LogP) is 2.65. The molecule has 0 saturated heterocycles. The van der Waals surface area contributed by atoms with E-state index in [4.69, 9.17) is 4.74 Å². The van der Waals surface area contributed by atoms with Crippen LogP contribution in [0.3, 0.4) is 0 Å². The van der Waals surface area contributed by atoms with Crippen LogP contribution in [0.2, 0.25) is 0 Å². The lowest BCUT2D eigenvalue weighted by atomic mass is 10.1. The molecule has 132 valence electrons. The van der Waals surface area contributed by atoms with Crippen molar-refractivity contribution >= 4 is 11.8 Å².